The number of nitrogens with one attached hydrogen (secondary N) is 1. The molecule has 2 N–H and O–H groups in total. The fraction of sp³-hybridized carbons (Fsp3) is 0.500. The van der Waals surface area contributed by atoms with Crippen LogP contribution in [-0.4, -0.2) is 47.7 Å². The highest BCUT2D eigenvalue weighted by molar-refractivity contribution is 5.77. The first kappa shape index (κ1) is 16.3. The maximum Gasteiger partial charge on any atom is 0.317 e. The van der Waals surface area contributed by atoms with Crippen LogP contribution in [0.4, 0.5) is 4.79 Å². The predicted octanol–water partition coefficient (Wildman–Crippen LogP) is 1.71. The van der Waals surface area contributed by atoms with Gasteiger partial charge in [-0.15, -0.1) is 0 Å². The average Bonchev–Trinajstić information content (AvgIpc) is 2.98. The summed E-state index contributed by atoms with van der Waals surface area (Å²) in [5, 5.41) is 11.8. The van der Waals surface area contributed by atoms with E-state index in [0.717, 1.165) is 5.56 Å². The molecule has 120 valence electrons. The number of carboxylic acids is 1. The number of hydrogen-bond acceptors (Lipinski definition) is 3. The molecule has 1 aromatic carbocycles. The largest absolute Gasteiger partial charge is 0.481 e. The summed E-state index contributed by atoms with van der Waals surface area (Å²) in [6.07, 6.45) is 0.516. The number of carboxylic acid groups (broad SMARTS) is 1. The van der Waals surface area contributed by atoms with Gasteiger partial charge in [0.05, 0.1) is 25.2 Å². The summed E-state index contributed by atoms with van der Waals surface area (Å²) in [7, 11) is 0. The van der Waals surface area contributed by atoms with Gasteiger partial charge < -0.3 is 20.1 Å². The Morgan fingerprint density at radius 3 is 2.77 bits per heavy atom. The van der Waals surface area contributed by atoms with Gasteiger partial charge in [-0.3, -0.25) is 4.79 Å². The maximum absolute atomic E-state index is 12.0. The molecule has 2 rings (SSSR count). The summed E-state index contributed by atoms with van der Waals surface area (Å²) >= 11 is 0. The molecule has 0 aromatic heterocycles. The zero-order valence-electron chi connectivity index (χ0n) is 12.7. The lowest BCUT2D eigenvalue weighted by Gasteiger charge is -2.20. The highest BCUT2D eigenvalue weighted by Gasteiger charge is 2.31. The molecule has 2 amide bonds. The molecule has 0 spiro atoms. The molecule has 1 aliphatic rings. The van der Waals surface area contributed by atoms with Gasteiger partial charge in [-0.1, -0.05) is 30.3 Å². The van der Waals surface area contributed by atoms with Crippen LogP contribution in [0.15, 0.2) is 30.3 Å². The number of rotatable bonds is 6. The van der Waals surface area contributed by atoms with E-state index in [-0.39, 0.29) is 18.6 Å². The Balaban J connectivity index is 1.67. The van der Waals surface area contributed by atoms with Crippen molar-refractivity contribution >= 4 is 12.0 Å². The van der Waals surface area contributed by atoms with Crippen LogP contribution in [0, 0.1) is 5.92 Å². The number of nitrogens with zero attached hydrogens (tertiary/aromatic N) is 1. The minimum absolute atomic E-state index is 0.125. The van der Waals surface area contributed by atoms with Crippen molar-refractivity contribution in [2.45, 2.75) is 26.0 Å². The van der Waals surface area contributed by atoms with Crippen molar-refractivity contribution in [3.8, 4) is 0 Å². The summed E-state index contributed by atoms with van der Waals surface area (Å²) in [5.41, 5.74) is 1.09. The number of aliphatic carboxylic acids is 1. The number of amides is 2. The predicted molar refractivity (Wildman–Crippen MR) is 81.4 cm³/mol. The van der Waals surface area contributed by atoms with E-state index in [4.69, 9.17) is 9.84 Å². The van der Waals surface area contributed by atoms with Crippen LogP contribution in [0.1, 0.15) is 18.9 Å². The minimum atomic E-state index is -0.838. The molecule has 2 unspecified atom stereocenters. The second-order valence-corrected chi connectivity index (χ2v) is 5.62. The first-order valence-corrected chi connectivity index (χ1v) is 7.46. The number of hydrogen-bond donors (Lipinski definition) is 2. The van der Waals surface area contributed by atoms with E-state index < -0.39 is 11.9 Å². The number of likely N-dealkylation sites (tertiary alicyclic amines) is 1. The lowest BCUT2D eigenvalue weighted by atomic mass is 10.1. The molecule has 1 aromatic rings. The number of urea groups is 1. The molecule has 1 heterocycles. The number of carbonyl (C=O) groups is 2. The molecule has 0 bridgehead atoms. The SMILES string of the molecule is CC(COCc1ccccc1)NC(=O)N1CCC(C(=O)O)C1. The molecule has 0 radical (unpaired) electrons. The quantitative estimate of drug-likeness (QED) is 0.838. The zero-order valence-corrected chi connectivity index (χ0v) is 12.7. The van der Waals surface area contributed by atoms with Crippen molar-refractivity contribution in [2.75, 3.05) is 19.7 Å². The molecule has 2 atom stereocenters. The van der Waals surface area contributed by atoms with Crippen molar-refractivity contribution < 1.29 is 19.4 Å². The van der Waals surface area contributed by atoms with Crippen molar-refractivity contribution in [3.05, 3.63) is 35.9 Å². The molecule has 6 nitrogen and oxygen atoms in total. The average molecular weight is 306 g/mol. The Morgan fingerprint density at radius 1 is 1.41 bits per heavy atom. The lowest BCUT2D eigenvalue weighted by Crippen LogP contribution is -2.44. The minimum Gasteiger partial charge on any atom is -0.481 e. The van der Waals surface area contributed by atoms with Crippen LogP contribution >= 0.6 is 0 Å². The molecule has 1 fully saturated rings. The van der Waals surface area contributed by atoms with Crippen LogP contribution in [0.25, 0.3) is 0 Å². The van der Waals surface area contributed by atoms with Crippen LogP contribution in [-0.2, 0) is 16.1 Å². The van der Waals surface area contributed by atoms with Crippen LogP contribution in [0.5, 0.6) is 0 Å². The monoisotopic (exact) mass is 306 g/mol. The summed E-state index contributed by atoms with van der Waals surface area (Å²) in [4.78, 5) is 24.5. The van der Waals surface area contributed by atoms with Gasteiger partial charge in [-0.2, -0.15) is 0 Å². The first-order valence-electron chi connectivity index (χ1n) is 7.46. The van der Waals surface area contributed by atoms with Gasteiger partial charge in [0.2, 0.25) is 0 Å². The lowest BCUT2D eigenvalue weighted by molar-refractivity contribution is -0.141. The Hall–Kier alpha value is -2.08. The van der Waals surface area contributed by atoms with Crippen LogP contribution in [0.2, 0.25) is 0 Å². The van der Waals surface area contributed by atoms with Gasteiger partial charge in [0.1, 0.15) is 0 Å². The van der Waals surface area contributed by atoms with Gasteiger partial charge in [-0.05, 0) is 18.9 Å². The fourth-order valence-corrected chi connectivity index (χ4v) is 2.42. The third-order valence-electron chi connectivity index (χ3n) is 3.67. The summed E-state index contributed by atoms with van der Waals surface area (Å²) in [6, 6.07) is 9.48. The second kappa shape index (κ2) is 7.79. The van der Waals surface area contributed by atoms with Crippen molar-refractivity contribution in [1.82, 2.24) is 10.2 Å². The highest BCUT2D eigenvalue weighted by Crippen LogP contribution is 2.16. The van der Waals surface area contributed by atoms with E-state index in [2.05, 4.69) is 5.32 Å². The van der Waals surface area contributed by atoms with E-state index in [9.17, 15) is 9.59 Å². The normalized spacial score (nSPS) is 19.0. The molecule has 0 aliphatic carbocycles. The standard InChI is InChI=1S/C16H22N2O4/c1-12(10-22-11-13-5-3-2-4-6-13)17-16(21)18-8-7-14(9-18)15(19)20/h2-6,12,14H,7-11H2,1H3,(H,17,21)(H,19,20). The molecule has 6 heteroatoms. The van der Waals surface area contributed by atoms with Gasteiger partial charge >= 0.3 is 12.0 Å². The van der Waals surface area contributed by atoms with Gasteiger partial charge in [0.25, 0.3) is 0 Å². The van der Waals surface area contributed by atoms with E-state index in [1.54, 1.807) is 4.90 Å². The summed E-state index contributed by atoms with van der Waals surface area (Å²) in [5.74, 6) is -1.29. The molecule has 22 heavy (non-hydrogen) atoms. The van der Waals surface area contributed by atoms with Crippen molar-refractivity contribution in [2.24, 2.45) is 5.92 Å². The number of carbonyl (C=O) groups excluding carboxylic acids is 1. The van der Waals surface area contributed by atoms with Gasteiger partial charge in [0, 0.05) is 13.1 Å². The Bertz CT molecular complexity index is 506. The molecule has 1 saturated heterocycles. The van der Waals surface area contributed by atoms with E-state index >= 15 is 0 Å². The molecule has 0 saturated carbocycles. The zero-order chi connectivity index (χ0) is 15.9. The smallest absolute Gasteiger partial charge is 0.317 e. The molecular weight excluding hydrogens is 284 g/mol. The third-order valence-corrected chi connectivity index (χ3v) is 3.67. The topological polar surface area (TPSA) is 78.9 Å². The van der Waals surface area contributed by atoms with E-state index in [1.807, 2.05) is 37.3 Å². The van der Waals surface area contributed by atoms with Crippen LogP contribution < -0.4 is 5.32 Å². The molecule has 1 aliphatic heterocycles. The first-order chi connectivity index (χ1) is 10.6. The number of ether oxygens (including phenoxy) is 1. The van der Waals surface area contributed by atoms with Crippen molar-refractivity contribution in [3.63, 3.8) is 0 Å². The highest BCUT2D eigenvalue weighted by atomic mass is 16.5. The summed E-state index contributed by atoms with van der Waals surface area (Å²) in [6.45, 7) is 3.55. The summed E-state index contributed by atoms with van der Waals surface area (Å²) < 4.78 is 5.58. The second-order valence-electron chi connectivity index (χ2n) is 5.62. The Labute approximate surface area is 130 Å². The molecular formula is C16H22N2O4. The Kier molecular flexibility index (Phi) is 5.77. The number of benzene rings is 1. The van der Waals surface area contributed by atoms with E-state index in [1.165, 1.54) is 0 Å². The van der Waals surface area contributed by atoms with E-state index in [0.29, 0.717) is 26.2 Å². The fourth-order valence-electron chi connectivity index (χ4n) is 2.42. The third kappa shape index (κ3) is 4.73. The van der Waals surface area contributed by atoms with Gasteiger partial charge in [0.15, 0.2) is 0 Å². The Morgan fingerprint density at radius 2 is 2.14 bits per heavy atom. The van der Waals surface area contributed by atoms with Gasteiger partial charge in [-0.25, -0.2) is 4.79 Å². The van der Waals surface area contributed by atoms with Crippen molar-refractivity contribution in [1.29, 1.82) is 0 Å². The maximum atomic E-state index is 12.0. The van der Waals surface area contributed by atoms with Crippen LogP contribution in [0.3, 0.4) is 0 Å².